The van der Waals surface area contributed by atoms with Gasteiger partial charge < -0.3 is 10.3 Å². The molecule has 0 radical (unpaired) electrons. The molecule has 1 heterocycles. The number of nitrogens with zero attached hydrogens (tertiary/aromatic N) is 1. The first-order chi connectivity index (χ1) is 8.16. The van der Waals surface area contributed by atoms with Crippen molar-refractivity contribution < 1.29 is 4.52 Å². The summed E-state index contributed by atoms with van der Waals surface area (Å²) in [6.07, 6.45) is 1.15. The summed E-state index contributed by atoms with van der Waals surface area (Å²) in [5, 5.41) is 4.78. The first-order valence-corrected chi connectivity index (χ1v) is 6.05. The van der Waals surface area contributed by atoms with E-state index in [-0.39, 0.29) is 0 Å². The fraction of sp³-hybridized carbons (Fsp3) is 0.308. The van der Waals surface area contributed by atoms with Crippen molar-refractivity contribution in [3.05, 3.63) is 35.0 Å². The molecule has 1 saturated carbocycles. The van der Waals surface area contributed by atoms with Crippen LogP contribution >= 0.6 is 11.6 Å². The molecule has 0 saturated heterocycles. The van der Waals surface area contributed by atoms with Crippen LogP contribution in [0.2, 0.25) is 5.02 Å². The topological polar surface area (TPSA) is 52.0 Å². The quantitative estimate of drug-likeness (QED) is 0.882. The van der Waals surface area contributed by atoms with E-state index in [1.54, 1.807) is 0 Å². The molecule has 1 aromatic heterocycles. The van der Waals surface area contributed by atoms with Gasteiger partial charge >= 0.3 is 0 Å². The van der Waals surface area contributed by atoms with Gasteiger partial charge in [-0.2, -0.15) is 0 Å². The Morgan fingerprint density at radius 2 is 2.24 bits per heavy atom. The second-order valence-corrected chi connectivity index (χ2v) is 5.07. The number of nitrogen functional groups attached to an aromatic ring is 1. The zero-order valence-corrected chi connectivity index (χ0v) is 10.2. The summed E-state index contributed by atoms with van der Waals surface area (Å²) in [6.45, 7) is 2.21. The lowest BCUT2D eigenvalue weighted by Crippen LogP contribution is -1.90. The fourth-order valence-corrected chi connectivity index (χ4v) is 2.40. The monoisotopic (exact) mass is 248 g/mol. The van der Waals surface area contributed by atoms with Crippen molar-refractivity contribution in [1.82, 2.24) is 5.16 Å². The maximum atomic E-state index is 6.00. The predicted octanol–water partition coefficient (Wildman–Crippen LogP) is 3.70. The number of anilines is 1. The Morgan fingerprint density at radius 3 is 2.88 bits per heavy atom. The zero-order chi connectivity index (χ0) is 12.0. The van der Waals surface area contributed by atoms with Crippen molar-refractivity contribution in [1.29, 1.82) is 0 Å². The number of hydrogen-bond acceptors (Lipinski definition) is 3. The van der Waals surface area contributed by atoms with Crippen molar-refractivity contribution in [2.24, 2.45) is 5.92 Å². The summed E-state index contributed by atoms with van der Waals surface area (Å²) in [6, 6.07) is 7.62. The van der Waals surface area contributed by atoms with Crippen LogP contribution in [0.3, 0.4) is 0 Å². The van der Waals surface area contributed by atoms with Crippen LogP contribution in [0.4, 0.5) is 5.88 Å². The van der Waals surface area contributed by atoms with Gasteiger partial charge in [0, 0.05) is 10.9 Å². The highest BCUT2D eigenvalue weighted by atomic mass is 35.5. The summed E-state index contributed by atoms with van der Waals surface area (Å²) in [5.74, 6) is 1.52. The number of benzene rings is 1. The lowest BCUT2D eigenvalue weighted by atomic mass is 10.0. The van der Waals surface area contributed by atoms with Crippen LogP contribution < -0.4 is 5.73 Å². The Morgan fingerprint density at radius 1 is 1.47 bits per heavy atom. The van der Waals surface area contributed by atoms with Crippen molar-refractivity contribution in [2.75, 3.05) is 5.73 Å². The minimum atomic E-state index is 0.376. The molecule has 0 aliphatic heterocycles. The molecular weight excluding hydrogens is 236 g/mol. The number of rotatable bonds is 2. The van der Waals surface area contributed by atoms with Crippen LogP contribution in [-0.4, -0.2) is 5.16 Å². The van der Waals surface area contributed by atoms with Gasteiger partial charge in [0.1, 0.15) is 0 Å². The second kappa shape index (κ2) is 3.77. The molecule has 0 bridgehead atoms. The molecule has 2 N–H and O–H groups in total. The maximum Gasteiger partial charge on any atom is 0.230 e. The second-order valence-electron chi connectivity index (χ2n) is 4.64. The van der Waals surface area contributed by atoms with Crippen molar-refractivity contribution >= 4 is 17.5 Å². The van der Waals surface area contributed by atoms with Gasteiger partial charge in [-0.15, -0.1) is 0 Å². The third kappa shape index (κ3) is 1.80. The Balaban J connectivity index is 2.10. The van der Waals surface area contributed by atoms with E-state index in [1.165, 1.54) is 0 Å². The van der Waals surface area contributed by atoms with Crippen LogP contribution in [0.5, 0.6) is 0 Å². The van der Waals surface area contributed by atoms with Crippen LogP contribution in [-0.2, 0) is 0 Å². The van der Waals surface area contributed by atoms with Gasteiger partial charge in [0.2, 0.25) is 5.88 Å². The molecule has 0 spiro atoms. The van der Waals surface area contributed by atoms with Crippen molar-refractivity contribution in [3.63, 3.8) is 0 Å². The van der Waals surface area contributed by atoms with Gasteiger partial charge in [-0.3, -0.25) is 0 Å². The molecule has 88 valence electrons. The smallest absolute Gasteiger partial charge is 0.230 e. The molecule has 3 rings (SSSR count). The Labute approximate surface area is 105 Å². The van der Waals surface area contributed by atoms with E-state index >= 15 is 0 Å². The van der Waals surface area contributed by atoms with Crippen molar-refractivity contribution in [3.8, 4) is 11.1 Å². The predicted molar refractivity (Wildman–Crippen MR) is 67.9 cm³/mol. The van der Waals surface area contributed by atoms with Gasteiger partial charge in [-0.1, -0.05) is 35.8 Å². The Kier molecular flexibility index (Phi) is 2.37. The van der Waals surface area contributed by atoms with E-state index in [4.69, 9.17) is 21.9 Å². The normalized spacial score (nSPS) is 22.7. The minimum Gasteiger partial charge on any atom is -0.367 e. The van der Waals surface area contributed by atoms with E-state index in [0.29, 0.717) is 22.7 Å². The molecule has 17 heavy (non-hydrogen) atoms. The highest BCUT2D eigenvalue weighted by Gasteiger charge is 2.39. The first kappa shape index (κ1) is 10.7. The van der Waals surface area contributed by atoms with Gasteiger partial charge in [0.25, 0.3) is 0 Å². The van der Waals surface area contributed by atoms with E-state index in [1.807, 2.05) is 24.3 Å². The molecule has 2 unspecified atom stereocenters. The van der Waals surface area contributed by atoms with Crippen LogP contribution in [0.1, 0.15) is 25.0 Å². The van der Waals surface area contributed by atoms with Gasteiger partial charge in [0.15, 0.2) is 0 Å². The molecule has 2 atom stereocenters. The van der Waals surface area contributed by atoms with Gasteiger partial charge in [0.05, 0.1) is 11.3 Å². The van der Waals surface area contributed by atoms with E-state index in [2.05, 4.69) is 12.1 Å². The summed E-state index contributed by atoms with van der Waals surface area (Å²) >= 11 is 6.00. The molecule has 1 aliphatic rings. The standard InChI is InChI=1S/C13H13ClN2O/c1-7-5-10(7)12-11(13(15)17-16-12)8-3-2-4-9(14)6-8/h2-4,6-7,10H,5,15H2,1H3. The average molecular weight is 249 g/mol. The molecule has 0 amide bonds. The number of halogens is 1. The molecule has 2 aromatic rings. The van der Waals surface area contributed by atoms with Crippen molar-refractivity contribution in [2.45, 2.75) is 19.3 Å². The third-order valence-corrected chi connectivity index (χ3v) is 3.55. The average Bonchev–Trinajstić information content (AvgIpc) is 2.88. The van der Waals surface area contributed by atoms with Crippen LogP contribution in [0.25, 0.3) is 11.1 Å². The van der Waals surface area contributed by atoms with E-state index in [9.17, 15) is 0 Å². The Hall–Kier alpha value is -1.48. The minimum absolute atomic E-state index is 0.376. The molecule has 4 heteroatoms. The number of aromatic nitrogens is 1. The zero-order valence-electron chi connectivity index (χ0n) is 9.48. The number of nitrogens with two attached hydrogens (primary N) is 1. The lowest BCUT2D eigenvalue weighted by Gasteiger charge is -2.02. The summed E-state index contributed by atoms with van der Waals surface area (Å²) in [4.78, 5) is 0. The van der Waals surface area contributed by atoms with Crippen LogP contribution in [0.15, 0.2) is 28.8 Å². The highest BCUT2D eigenvalue weighted by Crippen LogP contribution is 2.50. The molecular formula is C13H13ClN2O. The SMILES string of the molecule is CC1CC1c1noc(N)c1-c1cccc(Cl)c1. The summed E-state index contributed by atoms with van der Waals surface area (Å²) < 4.78 is 5.12. The Bertz CT molecular complexity index is 564. The van der Waals surface area contributed by atoms with E-state index in [0.717, 1.165) is 23.2 Å². The largest absolute Gasteiger partial charge is 0.367 e. The fourth-order valence-electron chi connectivity index (χ4n) is 2.21. The van der Waals surface area contributed by atoms with E-state index < -0.39 is 0 Å². The lowest BCUT2D eigenvalue weighted by molar-refractivity contribution is 0.427. The molecule has 1 aliphatic carbocycles. The van der Waals surface area contributed by atoms with Crippen LogP contribution in [0, 0.1) is 5.92 Å². The summed E-state index contributed by atoms with van der Waals surface area (Å²) in [7, 11) is 0. The van der Waals surface area contributed by atoms with Gasteiger partial charge in [-0.05, 0) is 30.0 Å². The molecule has 1 fully saturated rings. The maximum absolute atomic E-state index is 6.00. The third-order valence-electron chi connectivity index (χ3n) is 3.32. The first-order valence-electron chi connectivity index (χ1n) is 5.68. The van der Waals surface area contributed by atoms with Gasteiger partial charge in [-0.25, -0.2) is 0 Å². The highest BCUT2D eigenvalue weighted by molar-refractivity contribution is 6.30. The summed E-state index contributed by atoms with van der Waals surface area (Å²) in [5.41, 5.74) is 8.71. The molecule has 3 nitrogen and oxygen atoms in total. The molecule has 1 aromatic carbocycles. The number of hydrogen-bond donors (Lipinski definition) is 1.